The molecule has 2 aliphatic rings. The number of nitrogens with one attached hydrogen (secondary N) is 1. The summed E-state index contributed by atoms with van der Waals surface area (Å²) in [6, 6.07) is 6.30. The van der Waals surface area contributed by atoms with Gasteiger partial charge in [0, 0.05) is 56.4 Å². The van der Waals surface area contributed by atoms with Gasteiger partial charge in [0.2, 0.25) is 0 Å². The Kier molecular flexibility index (Phi) is 11.8. The molecule has 0 spiro atoms. The molecule has 9 atom stereocenters. The third-order valence-electron chi connectivity index (χ3n) is 10.4. The van der Waals surface area contributed by atoms with Gasteiger partial charge in [0.1, 0.15) is 29.2 Å². The lowest BCUT2D eigenvalue weighted by Gasteiger charge is -2.42. The number of nitrogen functional groups attached to an aromatic ring is 1. The predicted molar refractivity (Wildman–Crippen MR) is 185 cm³/mol. The Morgan fingerprint density at radius 3 is 2.49 bits per heavy atom. The van der Waals surface area contributed by atoms with E-state index in [2.05, 4.69) is 15.6 Å². The minimum Gasteiger partial charge on any atom is -0.458 e. The fourth-order valence-electron chi connectivity index (χ4n) is 7.45. The Balaban J connectivity index is 1.57. The zero-order chi connectivity index (χ0) is 36.3. The highest BCUT2D eigenvalue weighted by molar-refractivity contribution is 6.15. The zero-order valence-electron chi connectivity index (χ0n) is 30.1. The lowest BCUT2D eigenvalue weighted by atomic mass is 9.62. The number of ether oxygens (including phenoxy) is 3. The summed E-state index contributed by atoms with van der Waals surface area (Å²) in [4.78, 5) is 42.2. The number of ketones is 1. The van der Waals surface area contributed by atoms with Gasteiger partial charge in [-0.15, -0.1) is 5.10 Å². The van der Waals surface area contributed by atoms with E-state index in [0.29, 0.717) is 43.7 Å². The molecule has 268 valence electrons. The number of aryl methyl sites for hydroxylation is 1. The fourth-order valence-corrected chi connectivity index (χ4v) is 7.45. The summed E-state index contributed by atoms with van der Waals surface area (Å²) in [5, 5.41) is 11.8. The highest BCUT2D eigenvalue weighted by Crippen LogP contribution is 2.42. The topological polar surface area (TPSA) is 151 Å². The number of esters is 1. The van der Waals surface area contributed by atoms with E-state index in [0.717, 1.165) is 5.56 Å². The van der Waals surface area contributed by atoms with Gasteiger partial charge in [0.15, 0.2) is 5.60 Å². The average molecular weight is 683 g/mol. The number of alkyl halides is 1. The number of carbonyl (C=O) groups excluding carboxylic acids is 3. The maximum absolute atomic E-state index is 16.3. The van der Waals surface area contributed by atoms with Crippen molar-refractivity contribution in [2.24, 2.45) is 11.8 Å². The van der Waals surface area contributed by atoms with E-state index in [1.54, 1.807) is 30.4 Å². The number of unbranched alkanes of at least 4 members (excludes halogenated alkanes) is 1. The van der Waals surface area contributed by atoms with Crippen LogP contribution in [0.25, 0.3) is 11.3 Å². The molecule has 4 rings (SSSR count). The number of benzene rings is 1. The Bertz CT molecular complexity index is 1490. The molecule has 1 amide bonds. The molecule has 2 aliphatic heterocycles. The summed E-state index contributed by atoms with van der Waals surface area (Å²) in [5.41, 5.74) is 3.80. The number of amides is 1. The molecule has 1 aromatic carbocycles. The molecule has 0 aliphatic carbocycles. The molecule has 49 heavy (non-hydrogen) atoms. The highest BCUT2D eigenvalue weighted by atomic mass is 19.1. The standard InChI is InChI=1S/C35H52BFN6O6/c1-9-27-35(7)30(43(32(46)49-35)16-11-10-15-42-18-26(40-41-42)24-13-12-14-25(38)17-24)23(4)39-20-33(5,37)19-34(6,47-8)29(36)21(2)28(44)22(3)31(45)48-27/h12-14,17-18,21-23,27,29-30,39H,9-11,15-16,19-20,38H2,1-8H3/t21-,22+,23+,27+,29+,30+,33?,34+,35+/m0/s1. The lowest BCUT2D eigenvalue weighted by Crippen LogP contribution is -2.61. The van der Waals surface area contributed by atoms with Crippen LogP contribution in [-0.2, 0) is 30.3 Å². The van der Waals surface area contributed by atoms with E-state index < -0.39 is 70.6 Å². The lowest BCUT2D eigenvalue weighted by molar-refractivity contribution is -0.170. The number of Topliss-reactive ketones (excluding diaryl/α,β-unsaturated/α-hetero) is 1. The Hall–Kier alpha value is -3.52. The van der Waals surface area contributed by atoms with Crippen molar-refractivity contribution >= 4 is 31.4 Å². The Morgan fingerprint density at radius 2 is 1.84 bits per heavy atom. The number of cyclic esters (lactones) is 1. The van der Waals surface area contributed by atoms with E-state index >= 15 is 4.39 Å². The molecule has 3 N–H and O–H groups in total. The normalized spacial score (nSPS) is 34.9. The van der Waals surface area contributed by atoms with E-state index in [1.165, 1.54) is 21.0 Å². The molecule has 14 heteroatoms. The van der Waals surface area contributed by atoms with Crippen LogP contribution >= 0.6 is 0 Å². The monoisotopic (exact) mass is 682 g/mol. The quantitative estimate of drug-likeness (QED) is 0.134. The number of halogens is 1. The average Bonchev–Trinajstić information content (AvgIpc) is 3.64. The van der Waals surface area contributed by atoms with E-state index in [9.17, 15) is 14.4 Å². The molecule has 2 radical (unpaired) electrons. The van der Waals surface area contributed by atoms with E-state index in [1.807, 2.05) is 44.3 Å². The van der Waals surface area contributed by atoms with Crippen LogP contribution in [-0.4, -0.2) is 101 Å². The Labute approximate surface area is 290 Å². The van der Waals surface area contributed by atoms with Gasteiger partial charge in [0.05, 0.1) is 25.7 Å². The van der Waals surface area contributed by atoms with Crippen molar-refractivity contribution in [3.8, 4) is 11.3 Å². The van der Waals surface area contributed by atoms with Gasteiger partial charge >= 0.3 is 12.1 Å². The van der Waals surface area contributed by atoms with E-state index in [4.69, 9.17) is 27.8 Å². The first-order valence-electron chi connectivity index (χ1n) is 17.2. The summed E-state index contributed by atoms with van der Waals surface area (Å²) in [6.07, 6.45) is 1.89. The van der Waals surface area contributed by atoms with Crippen LogP contribution in [0, 0.1) is 11.8 Å². The van der Waals surface area contributed by atoms with Crippen molar-refractivity contribution in [3.63, 3.8) is 0 Å². The Morgan fingerprint density at radius 1 is 1.14 bits per heavy atom. The number of anilines is 1. The molecule has 2 aromatic rings. The summed E-state index contributed by atoms with van der Waals surface area (Å²) in [5.74, 6) is -4.04. The molecule has 0 bridgehead atoms. The number of hydrogen-bond acceptors (Lipinski definition) is 10. The first-order chi connectivity index (χ1) is 23.0. The third-order valence-corrected chi connectivity index (χ3v) is 10.4. The maximum atomic E-state index is 16.3. The molecule has 2 saturated heterocycles. The number of rotatable bonds is 8. The molecule has 0 saturated carbocycles. The molecular formula is C35H52BFN6O6. The summed E-state index contributed by atoms with van der Waals surface area (Å²) < 4.78 is 35.9. The van der Waals surface area contributed by atoms with Crippen molar-refractivity contribution < 1.29 is 33.0 Å². The molecule has 3 heterocycles. The summed E-state index contributed by atoms with van der Waals surface area (Å²) >= 11 is 0. The van der Waals surface area contributed by atoms with Crippen LogP contribution in [0.2, 0.25) is 5.82 Å². The second-order valence-corrected chi connectivity index (χ2v) is 14.4. The van der Waals surface area contributed by atoms with E-state index in [-0.39, 0.29) is 13.0 Å². The second-order valence-electron chi connectivity index (χ2n) is 14.4. The van der Waals surface area contributed by atoms with Gasteiger partial charge < -0.3 is 25.3 Å². The van der Waals surface area contributed by atoms with Crippen LogP contribution in [0.1, 0.15) is 74.1 Å². The van der Waals surface area contributed by atoms with Gasteiger partial charge in [-0.3, -0.25) is 19.2 Å². The number of hydrogen-bond donors (Lipinski definition) is 2. The van der Waals surface area contributed by atoms with Crippen molar-refractivity contribution in [3.05, 3.63) is 30.5 Å². The highest BCUT2D eigenvalue weighted by Gasteiger charge is 2.58. The number of nitrogens with zero attached hydrogens (tertiary/aromatic N) is 4. The van der Waals surface area contributed by atoms with Crippen molar-refractivity contribution in [2.75, 3.05) is 25.9 Å². The first-order valence-corrected chi connectivity index (χ1v) is 17.2. The third kappa shape index (κ3) is 8.28. The fraction of sp³-hybridized carbons (Fsp3) is 0.686. The van der Waals surface area contributed by atoms with Crippen LogP contribution in [0.4, 0.5) is 14.9 Å². The van der Waals surface area contributed by atoms with Gasteiger partial charge in [0.25, 0.3) is 0 Å². The molecule has 2 fully saturated rings. The zero-order valence-corrected chi connectivity index (χ0v) is 30.1. The number of methoxy groups -OCH3 is 1. The van der Waals surface area contributed by atoms with Crippen molar-refractivity contribution in [1.82, 2.24) is 25.2 Å². The molecule has 1 aromatic heterocycles. The largest absolute Gasteiger partial charge is 0.458 e. The first kappa shape index (κ1) is 38.3. The van der Waals surface area contributed by atoms with Gasteiger partial charge in [-0.05, 0) is 71.8 Å². The molecule has 12 nitrogen and oxygen atoms in total. The van der Waals surface area contributed by atoms with Crippen LogP contribution in [0.5, 0.6) is 0 Å². The molecule has 1 unspecified atom stereocenters. The summed E-state index contributed by atoms with van der Waals surface area (Å²) in [7, 11) is 7.98. The van der Waals surface area contributed by atoms with Gasteiger partial charge in [-0.2, -0.15) is 0 Å². The number of carbonyl (C=O) groups is 3. The molecular weight excluding hydrogens is 630 g/mol. The van der Waals surface area contributed by atoms with Crippen molar-refractivity contribution in [2.45, 2.75) is 122 Å². The smallest absolute Gasteiger partial charge is 0.410 e. The maximum Gasteiger partial charge on any atom is 0.410 e. The number of nitrogens with two attached hydrogens (primary N) is 1. The number of aromatic nitrogens is 3. The van der Waals surface area contributed by atoms with Crippen molar-refractivity contribution in [1.29, 1.82) is 0 Å². The SMILES string of the molecule is [B][C@@H]1[C@@H](C)C(=O)[C@@H](C)C(=O)O[C@H](CC)[C@@]2(C)OC(=O)N(CCCCn3cc(-c4cccc(N)c4)nn3)[C@@H]2[C@@H](C)NCC(C)(F)C[C@@]1(C)OC. The van der Waals surface area contributed by atoms with Crippen LogP contribution in [0.3, 0.4) is 0 Å². The van der Waals surface area contributed by atoms with Gasteiger partial charge in [-0.25, -0.2) is 9.18 Å². The van der Waals surface area contributed by atoms with Gasteiger partial charge in [-0.1, -0.05) is 31.2 Å². The van der Waals surface area contributed by atoms with Crippen LogP contribution in [0.15, 0.2) is 30.5 Å². The minimum atomic E-state index is -1.81. The predicted octanol–water partition coefficient (Wildman–Crippen LogP) is 4.52. The summed E-state index contributed by atoms with van der Waals surface area (Å²) in [6.45, 7) is 12.5. The van der Waals surface area contributed by atoms with Crippen LogP contribution < -0.4 is 11.1 Å². The second kappa shape index (κ2) is 15.2. The minimum absolute atomic E-state index is 0.0918. The number of fused-ring (bicyclic) bond motifs is 1.